The average molecular weight is 470 g/mol. The Bertz CT molecular complexity index is 1360. The summed E-state index contributed by atoms with van der Waals surface area (Å²) < 4.78 is 0. The van der Waals surface area contributed by atoms with E-state index in [9.17, 15) is 14.4 Å². The van der Waals surface area contributed by atoms with Crippen LogP contribution in [0.5, 0.6) is 0 Å². The van der Waals surface area contributed by atoms with Gasteiger partial charge in [-0.15, -0.1) is 0 Å². The lowest BCUT2D eigenvalue weighted by molar-refractivity contribution is -0.123. The number of carbonyl (C=O) groups is 3. The number of amides is 3. The molecular weight excluding hydrogens is 446 g/mol. The van der Waals surface area contributed by atoms with Crippen molar-refractivity contribution in [2.45, 2.75) is 12.5 Å². The number of fused-ring (bicyclic) bond motifs is 1. The second-order valence-corrected chi connectivity index (χ2v) is 7.75. The second-order valence-electron chi connectivity index (χ2n) is 7.75. The van der Waals surface area contributed by atoms with Crippen LogP contribution in [0.1, 0.15) is 21.5 Å². The normalized spacial score (nSPS) is 11.8. The number of hydroxylamine groups is 1. The van der Waals surface area contributed by atoms with Gasteiger partial charge in [0.2, 0.25) is 11.8 Å². The van der Waals surface area contributed by atoms with Crippen LogP contribution in [-0.4, -0.2) is 38.9 Å². The molecule has 0 aliphatic heterocycles. The molecule has 0 bridgehead atoms. The Hall–Kier alpha value is -4.76. The summed E-state index contributed by atoms with van der Waals surface area (Å²) in [6.45, 7) is 0. The summed E-state index contributed by atoms with van der Waals surface area (Å²) in [6.07, 6.45) is 8.15. The largest absolute Gasteiger partial charge is 0.361 e. The number of aromatic nitrogens is 2. The van der Waals surface area contributed by atoms with Gasteiger partial charge in [-0.2, -0.15) is 0 Å². The third-order valence-corrected chi connectivity index (χ3v) is 5.38. The molecule has 0 unspecified atom stereocenters. The molecule has 35 heavy (non-hydrogen) atoms. The molecule has 9 nitrogen and oxygen atoms in total. The van der Waals surface area contributed by atoms with Gasteiger partial charge in [-0.1, -0.05) is 30.3 Å². The minimum Gasteiger partial charge on any atom is -0.361 e. The number of para-hydroxylation sites is 1. The van der Waals surface area contributed by atoms with Crippen molar-refractivity contribution in [2.75, 3.05) is 5.32 Å². The summed E-state index contributed by atoms with van der Waals surface area (Å²) in [5, 5.41) is 15.3. The second kappa shape index (κ2) is 10.9. The minimum absolute atomic E-state index is 0.278. The average Bonchev–Trinajstić information content (AvgIpc) is 3.30. The van der Waals surface area contributed by atoms with E-state index in [2.05, 4.69) is 20.6 Å². The lowest BCUT2D eigenvalue weighted by Crippen LogP contribution is -2.44. The number of rotatable bonds is 8. The predicted molar refractivity (Wildman–Crippen MR) is 132 cm³/mol. The van der Waals surface area contributed by atoms with E-state index in [0.29, 0.717) is 11.3 Å². The molecule has 0 saturated heterocycles. The topological polar surface area (TPSA) is 136 Å². The Morgan fingerprint density at radius 1 is 1.00 bits per heavy atom. The van der Waals surface area contributed by atoms with Crippen LogP contribution in [-0.2, 0) is 16.0 Å². The highest BCUT2D eigenvalue weighted by molar-refractivity contribution is 6.00. The lowest BCUT2D eigenvalue weighted by Gasteiger charge is -2.17. The molecule has 2 aromatic carbocycles. The first kappa shape index (κ1) is 23.4. The maximum atomic E-state index is 13.1. The number of benzene rings is 2. The Labute approximate surface area is 200 Å². The fourth-order valence-corrected chi connectivity index (χ4v) is 3.60. The van der Waals surface area contributed by atoms with Gasteiger partial charge in [0.1, 0.15) is 6.04 Å². The van der Waals surface area contributed by atoms with E-state index in [1.54, 1.807) is 48.2 Å². The summed E-state index contributed by atoms with van der Waals surface area (Å²) in [5.74, 6) is -1.43. The zero-order chi connectivity index (χ0) is 24.6. The molecule has 3 amide bonds. The SMILES string of the molecule is O=C(/C=C/c1ccc(C(=O)NO)cc1)N[C@@H](Cc1c[nH]c2ccccc12)C(=O)Nc1ccncc1. The van der Waals surface area contributed by atoms with Gasteiger partial charge in [0.05, 0.1) is 0 Å². The molecule has 0 aliphatic rings. The maximum absolute atomic E-state index is 13.1. The number of hydrogen-bond acceptors (Lipinski definition) is 5. The fraction of sp³-hybridized carbons (Fsp3) is 0.0769. The van der Waals surface area contributed by atoms with E-state index in [1.807, 2.05) is 30.5 Å². The van der Waals surface area contributed by atoms with Gasteiger partial charge in [-0.25, -0.2) is 5.48 Å². The molecule has 176 valence electrons. The van der Waals surface area contributed by atoms with Crippen molar-refractivity contribution in [1.29, 1.82) is 0 Å². The Morgan fingerprint density at radius 2 is 1.74 bits per heavy atom. The molecule has 2 aromatic heterocycles. The van der Waals surface area contributed by atoms with Gasteiger partial charge in [0.25, 0.3) is 5.91 Å². The summed E-state index contributed by atoms with van der Waals surface area (Å²) in [7, 11) is 0. The molecule has 1 atom stereocenters. The molecule has 0 saturated carbocycles. The van der Waals surface area contributed by atoms with E-state index < -0.39 is 17.9 Å². The molecule has 0 radical (unpaired) electrons. The molecule has 9 heteroatoms. The van der Waals surface area contributed by atoms with Crippen LogP contribution in [0, 0.1) is 0 Å². The zero-order valence-electron chi connectivity index (χ0n) is 18.6. The molecule has 4 rings (SSSR count). The van der Waals surface area contributed by atoms with Gasteiger partial charge < -0.3 is 15.6 Å². The molecule has 4 aromatic rings. The van der Waals surface area contributed by atoms with Gasteiger partial charge in [-0.3, -0.25) is 24.6 Å². The van der Waals surface area contributed by atoms with E-state index in [0.717, 1.165) is 16.5 Å². The Balaban J connectivity index is 1.50. The number of H-pyrrole nitrogens is 1. The van der Waals surface area contributed by atoms with E-state index in [-0.39, 0.29) is 17.9 Å². The fourth-order valence-electron chi connectivity index (χ4n) is 3.60. The van der Waals surface area contributed by atoms with Gasteiger partial charge >= 0.3 is 0 Å². The first-order chi connectivity index (χ1) is 17.0. The first-order valence-electron chi connectivity index (χ1n) is 10.8. The zero-order valence-corrected chi connectivity index (χ0v) is 18.6. The van der Waals surface area contributed by atoms with Crippen molar-refractivity contribution in [3.63, 3.8) is 0 Å². The number of aromatic amines is 1. The summed E-state index contributed by atoms with van der Waals surface area (Å²) in [4.78, 5) is 44.3. The number of pyridine rings is 1. The van der Waals surface area contributed by atoms with Gasteiger partial charge in [-0.05, 0) is 47.5 Å². The molecule has 5 N–H and O–H groups in total. The van der Waals surface area contributed by atoms with Crippen LogP contribution in [0.25, 0.3) is 17.0 Å². The quantitative estimate of drug-likeness (QED) is 0.154. The van der Waals surface area contributed by atoms with Gasteiger partial charge in [0, 0.05) is 53.2 Å². The van der Waals surface area contributed by atoms with Crippen molar-refractivity contribution in [3.05, 3.63) is 102 Å². The summed E-state index contributed by atoms with van der Waals surface area (Å²) in [6, 6.07) is 16.6. The smallest absolute Gasteiger partial charge is 0.274 e. The lowest BCUT2D eigenvalue weighted by atomic mass is 10.0. The summed E-state index contributed by atoms with van der Waals surface area (Å²) in [5.41, 5.74) is 4.93. The number of anilines is 1. The van der Waals surface area contributed by atoms with E-state index in [1.165, 1.54) is 18.2 Å². The van der Waals surface area contributed by atoms with Crippen molar-refractivity contribution in [1.82, 2.24) is 20.8 Å². The maximum Gasteiger partial charge on any atom is 0.274 e. The van der Waals surface area contributed by atoms with Crippen molar-refractivity contribution >= 4 is 40.4 Å². The molecule has 0 aliphatic carbocycles. The summed E-state index contributed by atoms with van der Waals surface area (Å²) >= 11 is 0. The van der Waals surface area contributed by atoms with Crippen LogP contribution < -0.4 is 16.1 Å². The first-order valence-corrected chi connectivity index (χ1v) is 10.8. The van der Waals surface area contributed by atoms with Gasteiger partial charge in [0.15, 0.2) is 0 Å². The minimum atomic E-state index is -0.838. The van der Waals surface area contributed by atoms with E-state index in [4.69, 9.17) is 5.21 Å². The van der Waals surface area contributed by atoms with E-state index >= 15 is 0 Å². The number of carbonyl (C=O) groups excluding carboxylic acids is 3. The van der Waals surface area contributed by atoms with Crippen molar-refractivity contribution in [3.8, 4) is 0 Å². The third kappa shape index (κ3) is 5.98. The van der Waals surface area contributed by atoms with Crippen LogP contribution in [0.4, 0.5) is 5.69 Å². The highest BCUT2D eigenvalue weighted by Gasteiger charge is 2.22. The third-order valence-electron chi connectivity index (χ3n) is 5.38. The predicted octanol–water partition coefficient (Wildman–Crippen LogP) is 3.06. The molecular formula is C26H23N5O4. The van der Waals surface area contributed by atoms with Crippen molar-refractivity contribution < 1.29 is 19.6 Å². The van der Waals surface area contributed by atoms with Crippen LogP contribution in [0.3, 0.4) is 0 Å². The van der Waals surface area contributed by atoms with Crippen LogP contribution in [0.2, 0.25) is 0 Å². The standard InChI is InChI=1S/C26H23N5O4/c32-24(10-7-17-5-8-18(9-6-17)25(33)31-35)30-23(26(34)29-20-11-13-27-14-12-20)15-19-16-28-22-4-2-1-3-21(19)22/h1-14,16,23,28,35H,15H2,(H,30,32)(H,31,33)(H,27,29,34)/b10-7+/t23-/m0/s1. The van der Waals surface area contributed by atoms with Crippen LogP contribution in [0.15, 0.2) is 85.3 Å². The Kier molecular flexibility index (Phi) is 7.29. The number of hydrogen-bond donors (Lipinski definition) is 5. The molecule has 2 heterocycles. The highest BCUT2D eigenvalue weighted by atomic mass is 16.5. The monoisotopic (exact) mass is 469 g/mol. The highest BCUT2D eigenvalue weighted by Crippen LogP contribution is 2.19. The Morgan fingerprint density at radius 3 is 2.49 bits per heavy atom. The number of nitrogens with zero attached hydrogens (tertiary/aromatic N) is 1. The molecule has 0 spiro atoms. The number of nitrogens with one attached hydrogen (secondary N) is 4. The van der Waals surface area contributed by atoms with Crippen molar-refractivity contribution in [2.24, 2.45) is 0 Å². The molecule has 0 fully saturated rings. The van der Waals surface area contributed by atoms with Crippen LogP contribution >= 0.6 is 0 Å².